The number of hydrogen-bond donors (Lipinski definition) is 0. The SMILES string of the molecule is CC(C)(C)OC(=O)[C@@H]1[C@@H]2C(=O)N(C(=O)OC(C)(C)C)C(=O)C2[C@H](c2ccccc2)[C@@]12C(=O)N(C(=O)OC(C)(C)C)c1ccccc12. The second-order valence-electron chi connectivity index (χ2n) is 15.0. The summed E-state index contributed by atoms with van der Waals surface area (Å²) < 4.78 is 17.0. The maximum atomic E-state index is 15.1. The Morgan fingerprint density at radius 3 is 1.65 bits per heavy atom. The van der Waals surface area contributed by atoms with Crippen molar-refractivity contribution >= 4 is 41.6 Å². The van der Waals surface area contributed by atoms with Crippen LogP contribution in [-0.2, 0) is 38.8 Å². The summed E-state index contributed by atoms with van der Waals surface area (Å²) in [5.74, 6) is -9.23. The number of likely N-dealkylation sites (tertiary alicyclic amines) is 1. The number of hydrogen-bond acceptors (Lipinski definition) is 9. The van der Waals surface area contributed by atoms with Crippen LogP contribution in [-0.4, -0.2) is 57.6 Å². The molecule has 46 heavy (non-hydrogen) atoms. The molecule has 5 amide bonds. The Kier molecular flexibility index (Phi) is 7.69. The Morgan fingerprint density at radius 2 is 1.11 bits per heavy atom. The molecule has 1 saturated carbocycles. The number of anilines is 1. The number of amides is 5. The number of rotatable bonds is 2. The third kappa shape index (κ3) is 5.25. The van der Waals surface area contributed by atoms with Crippen molar-refractivity contribution in [1.82, 2.24) is 4.90 Å². The second-order valence-corrected chi connectivity index (χ2v) is 15.0. The summed E-state index contributed by atoms with van der Waals surface area (Å²) in [5.41, 5.74) is -4.12. The molecular weight excluding hydrogens is 592 g/mol. The fourth-order valence-corrected chi connectivity index (χ4v) is 7.01. The van der Waals surface area contributed by atoms with Gasteiger partial charge in [0, 0.05) is 5.92 Å². The topological polar surface area (TPSA) is 137 Å². The van der Waals surface area contributed by atoms with Gasteiger partial charge >= 0.3 is 18.2 Å². The van der Waals surface area contributed by atoms with Crippen LogP contribution in [0.4, 0.5) is 15.3 Å². The standard InChI is InChI=1S/C35H40N2O9/c1-32(2,3)44-28(40)25-23-22(26(38)37(27(23)39)31(43)46-34(7,8)9)24(19-15-11-10-12-16-19)35(25)20-17-13-14-18-21(20)36(29(35)41)30(42)45-33(4,5)6/h10-18,22-25H,1-9H3/t22?,23-,24+,25+,35-/m1/s1. The zero-order chi connectivity index (χ0) is 34.1. The van der Waals surface area contributed by atoms with Gasteiger partial charge in [0.2, 0.25) is 17.7 Å². The van der Waals surface area contributed by atoms with Gasteiger partial charge in [-0.15, -0.1) is 0 Å². The highest BCUT2D eigenvalue weighted by molar-refractivity contribution is 6.25. The van der Waals surface area contributed by atoms with Crippen LogP contribution in [0.15, 0.2) is 54.6 Å². The molecule has 1 saturated heterocycles. The van der Waals surface area contributed by atoms with Crippen LogP contribution >= 0.6 is 0 Å². The van der Waals surface area contributed by atoms with E-state index >= 15 is 4.79 Å². The quantitative estimate of drug-likeness (QED) is 0.239. The van der Waals surface area contributed by atoms with Gasteiger partial charge in [-0.2, -0.15) is 4.90 Å². The first-order chi connectivity index (χ1) is 21.2. The number of fused-ring (bicyclic) bond motifs is 3. The maximum absolute atomic E-state index is 15.1. The van der Waals surface area contributed by atoms with Gasteiger partial charge < -0.3 is 14.2 Å². The Labute approximate surface area is 268 Å². The number of carbonyl (C=O) groups excluding carboxylic acids is 6. The molecule has 2 fully saturated rings. The monoisotopic (exact) mass is 632 g/mol. The molecule has 1 aliphatic carbocycles. The van der Waals surface area contributed by atoms with E-state index in [1.54, 1.807) is 117 Å². The third-order valence-electron chi connectivity index (χ3n) is 8.22. The van der Waals surface area contributed by atoms with Crippen LogP contribution in [0.3, 0.4) is 0 Å². The van der Waals surface area contributed by atoms with E-state index in [0.29, 0.717) is 10.5 Å². The lowest BCUT2D eigenvalue weighted by Gasteiger charge is -2.38. The molecule has 11 heteroatoms. The molecule has 3 aliphatic rings. The van der Waals surface area contributed by atoms with Crippen molar-refractivity contribution in [2.45, 2.75) is 90.4 Å². The Hall–Kier alpha value is -4.54. The molecule has 2 aromatic rings. The number of carbonyl (C=O) groups is 6. The first-order valence-electron chi connectivity index (χ1n) is 15.3. The average Bonchev–Trinajstić information content (AvgIpc) is 3.46. The van der Waals surface area contributed by atoms with Gasteiger partial charge in [-0.05, 0) is 79.5 Å². The number of ether oxygens (including phenoxy) is 3. The summed E-state index contributed by atoms with van der Waals surface area (Å²) in [6, 6.07) is 15.0. The van der Waals surface area contributed by atoms with Gasteiger partial charge in [-0.1, -0.05) is 48.5 Å². The molecular formula is C35H40N2O9. The molecule has 0 N–H and O–H groups in total. The summed E-state index contributed by atoms with van der Waals surface area (Å²) in [5, 5.41) is 0. The molecule has 0 bridgehead atoms. The number of imide groups is 4. The Bertz CT molecular complexity index is 1630. The van der Waals surface area contributed by atoms with E-state index in [4.69, 9.17) is 14.2 Å². The van der Waals surface area contributed by atoms with E-state index in [0.717, 1.165) is 4.90 Å². The molecule has 5 atom stereocenters. The lowest BCUT2D eigenvalue weighted by Crippen LogP contribution is -2.55. The van der Waals surface area contributed by atoms with E-state index in [2.05, 4.69) is 0 Å². The van der Waals surface area contributed by atoms with E-state index < -0.39 is 81.8 Å². The van der Waals surface area contributed by atoms with Crippen LogP contribution in [0.1, 0.15) is 79.4 Å². The van der Waals surface area contributed by atoms with Crippen molar-refractivity contribution in [1.29, 1.82) is 0 Å². The highest BCUT2D eigenvalue weighted by atomic mass is 16.6. The third-order valence-corrected chi connectivity index (χ3v) is 8.22. The fourth-order valence-electron chi connectivity index (χ4n) is 7.01. The first kappa shape index (κ1) is 32.8. The fraction of sp³-hybridized carbons (Fsp3) is 0.486. The molecule has 0 radical (unpaired) electrons. The molecule has 11 nitrogen and oxygen atoms in total. The lowest BCUT2D eigenvalue weighted by molar-refractivity contribution is -0.167. The summed E-state index contributed by atoms with van der Waals surface area (Å²) >= 11 is 0. The Balaban J connectivity index is 1.82. The summed E-state index contributed by atoms with van der Waals surface area (Å²) in [7, 11) is 0. The second kappa shape index (κ2) is 10.8. The van der Waals surface area contributed by atoms with Crippen molar-refractivity contribution in [2.24, 2.45) is 17.8 Å². The lowest BCUT2D eigenvalue weighted by atomic mass is 9.64. The smallest absolute Gasteiger partial charge is 0.424 e. The maximum Gasteiger partial charge on any atom is 0.424 e. The largest absolute Gasteiger partial charge is 0.460 e. The molecule has 5 rings (SSSR count). The predicted molar refractivity (Wildman–Crippen MR) is 165 cm³/mol. The molecule has 0 aromatic heterocycles. The van der Waals surface area contributed by atoms with Crippen molar-refractivity contribution < 1.29 is 43.0 Å². The molecule has 2 heterocycles. The van der Waals surface area contributed by atoms with Gasteiger partial charge in [0.05, 0.1) is 28.9 Å². The molecule has 2 aliphatic heterocycles. The Morgan fingerprint density at radius 1 is 0.630 bits per heavy atom. The van der Waals surface area contributed by atoms with E-state index in [-0.39, 0.29) is 11.3 Å². The number of esters is 1. The number of para-hydroxylation sites is 1. The predicted octanol–water partition coefficient (Wildman–Crippen LogP) is 5.50. The minimum Gasteiger partial charge on any atom is -0.460 e. The molecule has 1 unspecified atom stereocenters. The highest BCUT2D eigenvalue weighted by Crippen LogP contribution is 2.67. The van der Waals surface area contributed by atoms with Crippen LogP contribution in [0, 0.1) is 17.8 Å². The van der Waals surface area contributed by atoms with Gasteiger partial charge in [-0.25, -0.2) is 14.5 Å². The van der Waals surface area contributed by atoms with E-state index in [1.807, 2.05) is 0 Å². The zero-order valence-electron chi connectivity index (χ0n) is 27.6. The summed E-state index contributed by atoms with van der Waals surface area (Å²) in [4.78, 5) is 86.6. The minimum atomic E-state index is -1.96. The number of benzene rings is 2. The van der Waals surface area contributed by atoms with Crippen molar-refractivity contribution in [3.8, 4) is 0 Å². The number of nitrogens with zero attached hydrogens (tertiary/aromatic N) is 2. The van der Waals surface area contributed by atoms with Gasteiger partial charge in [0.1, 0.15) is 16.8 Å². The van der Waals surface area contributed by atoms with E-state index in [9.17, 15) is 24.0 Å². The highest BCUT2D eigenvalue weighted by Gasteiger charge is 2.78. The van der Waals surface area contributed by atoms with Crippen LogP contribution in [0.5, 0.6) is 0 Å². The van der Waals surface area contributed by atoms with Gasteiger partial charge in [0.25, 0.3) is 0 Å². The molecule has 1 spiro atoms. The zero-order valence-corrected chi connectivity index (χ0v) is 27.6. The van der Waals surface area contributed by atoms with Crippen LogP contribution in [0.2, 0.25) is 0 Å². The van der Waals surface area contributed by atoms with Crippen LogP contribution < -0.4 is 4.90 Å². The average molecular weight is 633 g/mol. The molecule has 2 aromatic carbocycles. The normalized spacial score (nSPS) is 25.9. The summed E-state index contributed by atoms with van der Waals surface area (Å²) in [6.45, 7) is 14.7. The van der Waals surface area contributed by atoms with E-state index in [1.165, 1.54) is 0 Å². The molecule has 244 valence electrons. The van der Waals surface area contributed by atoms with Crippen molar-refractivity contribution in [3.05, 3.63) is 65.7 Å². The minimum absolute atomic E-state index is 0.167. The van der Waals surface area contributed by atoms with Crippen molar-refractivity contribution in [3.63, 3.8) is 0 Å². The summed E-state index contributed by atoms with van der Waals surface area (Å²) in [6.07, 6.45) is -2.14. The van der Waals surface area contributed by atoms with Crippen LogP contribution in [0.25, 0.3) is 0 Å². The van der Waals surface area contributed by atoms with Gasteiger partial charge in [-0.3, -0.25) is 19.2 Å². The van der Waals surface area contributed by atoms with Crippen molar-refractivity contribution in [2.75, 3.05) is 4.90 Å². The van der Waals surface area contributed by atoms with Gasteiger partial charge in [0.15, 0.2) is 0 Å². The first-order valence-corrected chi connectivity index (χ1v) is 15.3.